The van der Waals surface area contributed by atoms with E-state index < -0.39 is 0 Å². The summed E-state index contributed by atoms with van der Waals surface area (Å²) in [5.74, 6) is 0.616. The number of para-hydroxylation sites is 2. The Balaban J connectivity index is 1.39. The van der Waals surface area contributed by atoms with E-state index in [1.54, 1.807) is 0 Å². The number of nitrogens with zero attached hydrogens (tertiary/aromatic N) is 1. The molecule has 4 rings (SSSR count). The molecule has 0 spiro atoms. The van der Waals surface area contributed by atoms with Gasteiger partial charge in [-0.25, -0.2) is 4.98 Å². The molecule has 0 unspecified atom stereocenters. The van der Waals surface area contributed by atoms with Gasteiger partial charge in [0.1, 0.15) is 5.52 Å². The Morgan fingerprint density at radius 3 is 2.35 bits per heavy atom. The highest BCUT2D eigenvalue weighted by atomic mass is 16.3. The zero-order chi connectivity index (χ0) is 17.8. The minimum atomic E-state index is 0.0132. The summed E-state index contributed by atoms with van der Waals surface area (Å²) < 4.78 is 5.78. The van der Waals surface area contributed by atoms with Gasteiger partial charge in [-0.1, -0.05) is 54.6 Å². The monoisotopic (exact) mass is 342 g/mol. The van der Waals surface area contributed by atoms with E-state index in [-0.39, 0.29) is 5.91 Å². The summed E-state index contributed by atoms with van der Waals surface area (Å²) in [5, 5.41) is 2.95. The lowest BCUT2D eigenvalue weighted by Gasteiger charge is -2.06. The Kier molecular flexibility index (Phi) is 4.48. The number of aromatic nitrogens is 1. The van der Waals surface area contributed by atoms with Crippen LogP contribution in [0, 0.1) is 0 Å². The normalized spacial score (nSPS) is 10.8. The summed E-state index contributed by atoms with van der Waals surface area (Å²) in [6.45, 7) is 0.500. The Morgan fingerprint density at radius 2 is 1.58 bits per heavy atom. The van der Waals surface area contributed by atoms with Crippen LogP contribution in [0.2, 0.25) is 0 Å². The zero-order valence-electron chi connectivity index (χ0n) is 14.2. The maximum atomic E-state index is 12.0. The minimum absolute atomic E-state index is 0.0132. The second-order valence-electron chi connectivity index (χ2n) is 6.12. The molecule has 4 aromatic rings. The summed E-state index contributed by atoms with van der Waals surface area (Å²) in [5.41, 5.74) is 4.59. The van der Waals surface area contributed by atoms with Crippen molar-refractivity contribution in [1.29, 1.82) is 0 Å². The molecule has 0 fully saturated rings. The lowest BCUT2D eigenvalue weighted by atomic mass is 10.1. The quantitative estimate of drug-likeness (QED) is 0.586. The molecular formula is C22H18N2O2. The first-order valence-electron chi connectivity index (χ1n) is 8.53. The summed E-state index contributed by atoms with van der Waals surface area (Å²) in [6.07, 6.45) is 0.391. The van der Waals surface area contributed by atoms with Crippen LogP contribution in [0.15, 0.2) is 83.3 Å². The molecular weight excluding hydrogens is 324 g/mol. The number of carbonyl (C=O) groups excluding carboxylic acids is 1. The first-order valence-corrected chi connectivity index (χ1v) is 8.53. The van der Waals surface area contributed by atoms with Gasteiger partial charge in [0.05, 0.1) is 6.42 Å². The molecule has 0 radical (unpaired) electrons. The number of hydrogen-bond acceptors (Lipinski definition) is 3. The Bertz CT molecular complexity index is 988. The van der Waals surface area contributed by atoms with E-state index in [0.29, 0.717) is 18.9 Å². The van der Waals surface area contributed by atoms with Crippen LogP contribution >= 0.6 is 0 Å². The van der Waals surface area contributed by atoms with Crippen LogP contribution in [0.25, 0.3) is 22.6 Å². The standard InChI is InChI=1S/C22H18N2O2/c25-21(14-16-6-2-1-3-7-16)23-15-17-10-12-18(13-11-17)22-24-19-8-4-5-9-20(19)26-22/h1-13H,14-15H2,(H,23,25). The van der Waals surface area contributed by atoms with Crippen molar-refractivity contribution in [2.75, 3.05) is 0 Å². The van der Waals surface area contributed by atoms with Crippen LogP contribution in [-0.2, 0) is 17.8 Å². The lowest BCUT2D eigenvalue weighted by molar-refractivity contribution is -0.120. The number of hydrogen-bond donors (Lipinski definition) is 1. The Hall–Kier alpha value is -3.40. The third-order valence-electron chi connectivity index (χ3n) is 4.19. The van der Waals surface area contributed by atoms with Crippen LogP contribution in [0.3, 0.4) is 0 Å². The first kappa shape index (κ1) is 16.1. The highest BCUT2D eigenvalue weighted by Crippen LogP contribution is 2.24. The van der Waals surface area contributed by atoms with Gasteiger partial charge < -0.3 is 9.73 Å². The van der Waals surface area contributed by atoms with Crippen molar-refractivity contribution < 1.29 is 9.21 Å². The van der Waals surface area contributed by atoms with Gasteiger partial charge >= 0.3 is 0 Å². The zero-order valence-corrected chi connectivity index (χ0v) is 14.2. The molecule has 0 atom stereocenters. The molecule has 1 N–H and O–H groups in total. The fourth-order valence-corrected chi connectivity index (χ4v) is 2.81. The maximum absolute atomic E-state index is 12.0. The van der Waals surface area contributed by atoms with E-state index in [1.807, 2.05) is 78.9 Å². The molecule has 1 aromatic heterocycles. The van der Waals surface area contributed by atoms with Gasteiger partial charge in [0, 0.05) is 12.1 Å². The fraction of sp³-hybridized carbons (Fsp3) is 0.0909. The molecule has 0 bridgehead atoms. The minimum Gasteiger partial charge on any atom is -0.436 e. The second kappa shape index (κ2) is 7.23. The van der Waals surface area contributed by atoms with E-state index in [2.05, 4.69) is 10.3 Å². The van der Waals surface area contributed by atoms with E-state index in [9.17, 15) is 4.79 Å². The first-order chi connectivity index (χ1) is 12.8. The smallest absolute Gasteiger partial charge is 0.227 e. The van der Waals surface area contributed by atoms with Gasteiger partial charge in [0.15, 0.2) is 5.58 Å². The predicted octanol–water partition coefficient (Wildman–Crippen LogP) is 4.35. The SMILES string of the molecule is O=C(Cc1ccccc1)NCc1ccc(-c2nc3ccccc3o2)cc1. The summed E-state index contributed by atoms with van der Waals surface area (Å²) >= 11 is 0. The van der Waals surface area contributed by atoms with Crippen molar-refractivity contribution in [2.24, 2.45) is 0 Å². The van der Waals surface area contributed by atoms with Crippen LogP contribution in [0.5, 0.6) is 0 Å². The van der Waals surface area contributed by atoms with Gasteiger partial charge in [-0.2, -0.15) is 0 Å². The third-order valence-corrected chi connectivity index (χ3v) is 4.19. The molecule has 128 valence electrons. The van der Waals surface area contributed by atoms with Crippen molar-refractivity contribution in [1.82, 2.24) is 10.3 Å². The van der Waals surface area contributed by atoms with E-state index in [4.69, 9.17) is 4.42 Å². The number of amides is 1. The molecule has 26 heavy (non-hydrogen) atoms. The molecule has 4 nitrogen and oxygen atoms in total. The van der Waals surface area contributed by atoms with Gasteiger partial charge in [-0.05, 0) is 35.4 Å². The van der Waals surface area contributed by atoms with E-state index in [0.717, 1.165) is 27.8 Å². The topological polar surface area (TPSA) is 55.1 Å². The molecule has 1 heterocycles. The number of benzene rings is 3. The molecule has 0 aliphatic heterocycles. The largest absolute Gasteiger partial charge is 0.436 e. The molecule has 0 saturated carbocycles. The number of rotatable bonds is 5. The highest BCUT2D eigenvalue weighted by molar-refractivity contribution is 5.78. The summed E-state index contributed by atoms with van der Waals surface area (Å²) in [7, 11) is 0. The summed E-state index contributed by atoms with van der Waals surface area (Å²) in [6, 6.07) is 25.3. The average Bonchev–Trinajstić information content (AvgIpc) is 3.12. The lowest BCUT2D eigenvalue weighted by Crippen LogP contribution is -2.24. The van der Waals surface area contributed by atoms with Crippen LogP contribution in [0.1, 0.15) is 11.1 Å². The van der Waals surface area contributed by atoms with Gasteiger partial charge in [-0.15, -0.1) is 0 Å². The number of nitrogens with one attached hydrogen (secondary N) is 1. The van der Waals surface area contributed by atoms with Crippen LogP contribution < -0.4 is 5.32 Å². The molecule has 0 aliphatic rings. The van der Waals surface area contributed by atoms with E-state index in [1.165, 1.54) is 0 Å². The maximum Gasteiger partial charge on any atom is 0.227 e. The Labute approximate surface area is 151 Å². The predicted molar refractivity (Wildman–Crippen MR) is 101 cm³/mol. The molecule has 0 aliphatic carbocycles. The van der Waals surface area contributed by atoms with E-state index >= 15 is 0 Å². The van der Waals surface area contributed by atoms with Crippen LogP contribution in [0.4, 0.5) is 0 Å². The highest BCUT2D eigenvalue weighted by Gasteiger charge is 2.08. The van der Waals surface area contributed by atoms with Crippen molar-refractivity contribution in [2.45, 2.75) is 13.0 Å². The molecule has 3 aromatic carbocycles. The van der Waals surface area contributed by atoms with Gasteiger partial charge in [0.25, 0.3) is 0 Å². The Morgan fingerprint density at radius 1 is 0.846 bits per heavy atom. The van der Waals surface area contributed by atoms with Gasteiger partial charge in [-0.3, -0.25) is 4.79 Å². The van der Waals surface area contributed by atoms with Crippen molar-refractivity contribution in [3.05, 3.63) is 90.0 Å². The molecule has 4 heteroatoms. The summed E-state index contributed by atoms with van der Waals surface area (Å²) in [4.78, 5) is 16.5. The number of fused-ring (bicyclic) bond motifs is 1. The third kappa shape index (κ3) is 3.64. The number of oxazole rings is 1. The van der Waals surface area contributed by atoms with Crippen molar-refractivity contribution in [3.8, 4) is 11.5 Å². The van der Waals surface area contributed by atoms with Gasteiger partial charge in [0.2, 0.25) is 11.8 Å². The second-order valence-corrected chi connectivity index (χ2v) is 6.12. The van der Waals surface area contributed by atoms with Crippen molar-refractivity contribution in [3.63, 3.8) is 0 Å². The van der Waals surface area contributed by atoms with Crippen molar-refractivity contribution >= 4 is 17.0 Å². The molecule has 1 amide bonds. The van der Waals surface area contributed by atoms with Crippen LogP contribution in [-0.4, -0.2) is 10.9 Å². The fourth-order valence-electron chi connectivity index (χ4n) is 2.81. The number of carbonyl (C=O) groups is 1. The average molecular weight is 342 g/mol. The molecule has 0 saturated heterocycles.